The number of nitrogens with two attached hydrogens (primary N) is 2. The molecule has 1 aliphatic rings. The molecule has 24 nitrogen and oxygen atoms in total. The van der Waals surface area contributed by atoms with E-state index in [4.69, 9.17) is 60.5 Å². The van der Waals surface area contributed by atoms with Crippen LogP contribution in [0.5, 0.6) is 5.75 Å². The van der Waals surface area contributed by atoms with E-state index in [2.05, 4.69) is 34.6 Å². The highest BCUT2D eigenvalue weighted by Gasteiger charge is 2.36. The van der Waals surface area contributed by atoms with Gasteiger partial charge in [0.1, 0.15) is 42.0 Å². The molecule has 5 N–H and O–H groups in total. The molecule has 7 rings (SSSR count). The summed E-state index contributed by atoms with van der Waals surface area (Å²) in [6.45, 7) is 8.25. The van der Waals surface area contributed by atoms with Crippen molar-refractivity contribution < 1.29 is 65.7 Å². The number of hydrogen-bond acceptors (Lipinski definition) is 21. The molecule has 1 saturated heterocycles. The number of carboxylic acid groups (broad SMARTS) is 1. The van der Waals surface area contributed by atoms with E-state index in [0.29, 0.717) is 71.1 Å². The summed E-state index contributed by atoms with van der Waals surface area (Å²) in [7, 11) is -7.24. The summed E-state index contributed by atoms with van der Waals surface area (Å²) in [5, 5.41) is 8.46. The maximum atomic E-state index is 13.5. The molecule has 1 fully saturated rings. The maximum Gasteiger partial charge on any atom is 0.405 e. The second-order valence-electron chi connectivity index (χ2n) is 14.8. The van der Waals surface area contributed by atoms with Crippen molar-refractivity contribution in [2.75, 3.05) is 37.4 Å². The zero-order valence-corrected chi connectivity index (χ0v) is 40.3. The number of carboxylic acids is 1. The van der Waals surface area contributed by atoms with Gasteiger partial charge in [-0.15, -0.1) is 0 Å². The summed E-state index contributed by atoms with van der Waals surface area (Å²) < 4.78 is 72.7. The predicted molar refractivity (Wildman–Crippen MR) is 250 cm³/mol. The molecule has 0 bridgehead atoms. The lowest BCUT2D eigenvalue weighted by Crippen LogP contribution is -2.27. The summed E-state index contributed by atoms with van der Waals surface area (Å²) >= 11 is 6.03. The van der Waals surface area contributed by atoms with E-state index in [-0.39, 0.29) is 43.8 Å². The number of carbonyl (C=O) groups excluding carboxylic acids is 2. The smallest absolute Gasteiger partial charge is 0.405 e. The van der Waals surface area contributed by atoms with Crippen molar-refractivity contribution in [3.8, 4) is 5.75 Å². The van der Waals surface area contributed by atoms with Crippen LogP contribution in [0.25, 0.3) is 22.3 Å². The molecule has 0 aliphatic carbocycles. The minimum atomic E-state index is -3.89. The molecule has 0 saturated carbocycles. The Bertz CT molecular complexity index is 2760. The lowest BCUT2D eigenvalue weighted by atomic mass is 10.1. The zero-order valence-electron chi connectivity index (χ0n) is 37.8. The Hall–Kier alpha value is -6.36. The van der Waals surface area contributed by atoms with E-state index in [1.807, 2.05) is 12.1 Å². The van der Waals surface area contributed by atoms with E-state index in [1.165, 1.54) is 19.6 Å². The average molecular weight is 1020 g/mol. The highest BCUT2D eigenvalue weighted by atomic mass is 35.5. The van der Waals surface area contributed by atoms with Gasteiger partial charge >= 0.3 is 27.1 Å². The predicted octanol–water partition coefficient (Wildman–Crippen LogP) is 6.56. The van der Waals surface area contributed by atoms with Crippen LogP contribution in [-0.4, -0.2) is 107 Å². The number of para-hydroxylation sites is 1. The number of anilines is 2. The van der Waals surface area contributed by atoms with Gasteiger partial charge in [0.05, 0.1) is 56.8 Å². The summed E-state index contributed by atoms with van der Waals surface area (Å²) in [6.07, 6.45) is 5.32. The van der Waals surface area contributed by atoms with Crippen molar-refractivity contribution in [3.63, 3.8) is 0 Å². The van der Waals surface area contributed by atoms with Gasteiger partial charge in [-0.1, -0.05) is 41.9 Å². The number of benzene rings is 2. The van der Waals surface area contributed by atoms with Crippen molar-refractivity contribution in [1.29, 1.82) is 0 Å². The van der Waals surface area contributed by atoms with Gasteiger partial charge in [-0.25, -0.2) is 44.1 Å². The van der Waals surface area contributed by atoms with Crippen LogP contribution >= 0.6 is 26.8 Å². The molecule has 0 radical (unpaired) electrons. The first-order valence-electron chi connectivity index (χ1n) is 20.9. The normalized spacial score (nSPS) is 17.4. The number of nitrogens with zero attached hydrogens (tertiary/aromatic N) is 8. The van der Waals surface area contributed by atoms with Crippen LogP contribution in [0.4, 0.5) is 11.6 Å². The van der Waals surface area contributed by atoms with Gasteiger partial charge in [0, 0.05) is 18.0 Å². The Morgan fingerprint density at radius 3 is 2.26 bits per heavy atom. The molecule has 27 heteroatoms. The van der Waals surface area contributed by atoms with Crippen molar-refractivity contribution >= 4 is 79.2 Å². The van der Waals surface area contributed by atoms with Crippen LogP contribution in [0.1, 0.15) is 45.8 Å². The number of hydrogen-bond donors (Lipinski definition) is 3. The monoisotopic (exact) mass is 1020 g/mol. The average Bonchev–Trinajstić information content (AvgIpc) is 3.93. The lowest BCUT2D eigenvalue weighted by molar-refractivity contribution is -0.155. The van der Waals surface area contributed by atoms with Crippen LogP contribution in [0.3, 0.4) is 0 Å². The van der Waals surface area contributed by atoms with Gasteiger partial charge in [0.2, 0.25) is 0 Å². The van der Waals surface area contributed by atoms with E-state index in [1.54, 1.807) is 85.0 Å². The van der Waals surface area contributed by atoms with E-state index in [0.717, 1.165) is 11.8 Å². The first-order valence-corrected chi connectivity index (χ1v) is 24.7. The fraction of sp³-hybridized carbons (Fsp3) is 0.357. The van der Waals surface area contributed by atoms with E-state index in [9.17, 15) is 23.5 Å². The zero-order chi connectivity index (χ0) is 50.0. The largest absolute Gasteiger partial charge is 0.478 e. The third-order valence-corrected chi connectivity index (χ3v) is 12.5. The van der Waals surface area contributed by atoms with Crippen LogP contribution in [0.15, 0.2) is 92.2 Å². The Kier molecular flexibility index (Phi) is 20.1. The number of nitrogen functional groups attached to an aromatic ring is 2. The van der Waals surface area contributed by atoms with Crippen molar-refractivity contribution in [2.24, 2.45) is 0 Å². The van der Waals surface area contributed by atoms with Gasteiger partial charge < -0.3 is 53.7 Å². The Morgan fingerprint density at radius 2 is 1.62 bits per heavy atom. The van der Waals surface area contributed by atoms with Crippen molar-refractivity contribution in [2.45, 2.75) is 71.6 Å². The molecule has 4 aromatic heterocycles. The number of halogens is 1. The van der Waals surface area contributed by atoms with Crippen molar-refractivity contribution in [1.82, 2.24) is 39.0 Å². The van der Waals surface area contributed by atoms with Gasteiger partial charge in [0.25, 0.3) is 6.47 Å². The maximum absolute atomic E-state index is 13.5. The highest BCUT2D eigenvalue weighted by molar-refractivity contribution is 7.54. The number of carbonyl (C=O) groups is 3. The van der Waals surface area contributed by atoms with Crippen LogP contribution in [0, 0.1) is 0 Å². The van der Waals surface area contributed by atoms with Gasteiger partial charge in [-0.3, -0.25) is 18.4 Å². The summed E-state index contributed by atoms with van der Waals surface area (Å²) in [5.74, 6) is -0.854. The Labute approximate surface area is 400 Å². The van der Waals surface area contributed by atoms with E-state index < -0.39 is 39.3 Å². The third-order valence-electron chi connectivity index (χ3n) is 9.07. The summed E-state index contributed by atoms with van der Waals surface area (Å²) in [6, 6.07) is 15.9. The van der Waals surface area contributed by atoms with Crippen LogP contribution in [-0.2, 0) is 69.1 Å². The SMILES string of the molecule is CC(C)OC(=O)[C@H](C)O[P@](=O)(CO[C@H](C)Cn1cnc2c(N)ncnc21)Oc1ccccc1.Nc1ncnc2c1ncn2CCOCP1(=O)OCC[C@@H](c2cccc(Cl)c2)O1.O=CO/C=C/C(=O)O. The number of ether oxygens (including phenoxy) is 4. The number of aliphatic carboxylic acids is 1. The molecule has 5 atom stereocenters. The molecule has 6 aromatic rings. The minimum absolute atomic E-state index is 0.131. The van der Waals surface area contributed by atoms with Crippen LogP contribution < -0.4 is 16.0 Å². The molecule has 1 unspecified atom stereocenters. The molecule has 2 aromatic carbocycles. The first kappa shape index (κ1) is 53.6. The number of imidazole rings is 2. The molecule has 1 aliphatic heterocycles. The number of fused-ring (bicyclic) bond motifs is 2. The standard InChI is InChI=1S/C21H28N5O6P.C17H19ClN5O4P.C4H4O4/c1-14(2)30-21(27)16(4)31-33(28,32-17-8-6-5-7-9-17)13-29-15(3)10-26-12-25-18-19(22)23-11-24-20(18)26;18-13-3-1-2-12(8-13)14-4-6-26-28(24,27-14)11-25-7-5-23-10-22-15-16(19)20-9-21-17(15)23;5-3-8-2-1-4(6)7/h5-9,11-12,14-16H,10,13H2,1-4H3,(H2,22,23,24);1-3,8-10,14H,4-7,11H2,(H2,19,20,21);1-3H,(H,6,7)/b;;2-1+/t15-,16+,33-;14-,28?;/m10./s1. The first-order chi connectivity index (χ1) is 33.0. The molecular weight excluding hydrogens is 966 g/mol. The summed E-state index contributed by atoms with van der Waals surface area (Å²) in [5.41, 5.74) is 14.7. The number of aromatic nitrogens is 8. The summed E-state index contributed by atoms with van der Waals surface area (Å²) in [4.78, 5) is 55.7. The van der Waals surface area contributed by atoms with Crippen LogP contribution in [0.2, 0.25) is 5.02 Å². The van der Waals surface area contributed by atoms with Gasteiger partial charge in [0.15, 0.2) is 35.4 Å². The fourth-order valence-electron chi connectivity index (χ4n) is 6.02. The van der Waals surface area contributed by atoms with Gasteiger partial charge in [-0.2, -0.15) is 0 Å². The molecular formula is C42H51ClN10O14P2. The van der Waals surface area contributed by atoms with Crippen molar-refractivity contribution in [3.05, 3.63) is 103 Å². The topological polar surface area (TPSA) is 319 Å². The number of esters is 1. The molecule has 0 amide bonds. The third kappa shape index (κ3) is 16.7. The number of rotatable bonds is 20. The lowest BCUT2D eigenvalue weighted by Gasteiger charge is -2.30. The second kappa shape index (κ2) is 25.8. The molecule has 0 spiro atoms. The quantitative estimate of drug-likeness (QED) is 0.0182. The Balaban J connectivity index is 0.000000224. The highest BCUT2D eigenvalue weighted by Crippen LogP contribution is 2.56. The minimum Gasteiger partial charge on any atom is -0.478 e. The van der Waals surface area contributed by atoms with E-state index >= 15 is 0 Å². The molecule has 69 heavy (non-hydrogen) atoms. The van der Waals surface area contributed by atoms with Gasteiger partial charge in [-0.05, 0) is 57.5 Å². The fourth-order valence-corrected chi connectivity index (χ4v) is 9.37. The Morgan fingerprint density at radius 1 is 0.957 bits per heavy atom. The molecule has 5 heterocycles. The molecule has 370 valence electrons. The second-order valence-corrected chi connectivity index (χ2v) is 19.1.